The number of rotatable bonds is 3. The maximum Gasteiger partial charge on any atom is 0.144 e. The van der Waals surface area contributed by atoms with E-state index < -0.39 is 0 Å². The number of benzene rings is 2. The number of alkyl halides is 1. The van der Waals surface area contributed by atoms with Crippen LogP contribution in [0.15, 0.2) is 46.9 Å². The molecule has 4 heteroatoms. The Hall–Kier alpha value is -0.870. The summed E-state index contributed by atoms with van der Waals surface area (Å²) < 4.78 is 19.4. The molecule has 0 radical (unpaired) electrons. The van der Waals surface area contributed by atoms with Crippen molar-refractivity contribution in [2.45, 2.75) is 5.33 Å². The smallest absolute Gasteiger partial charge is 0.144 e. The van der Waals surface area contributed by atoms with Crippen LogP contribution in [0.4, 0.5) is 4.39 Å². The molecule has 88 valence electrons. The molecule has 0 atom stereocenters. The topological polar surface area (TPSA) is 9.23 Å². The lowest BCUT2D eigenvalue weighted by Crippen LogP contribution is -1.87. The molecule has 0 aliphatic heterocycles. The highest BCUT2D eigenvalue weighted by Crippen LogP contribution is 2.30. The van der Waals surface area contributed by atoms with Gasteiger partial charge in [0.25, 0.3) is 0 Å². The lowest BCUT2D eigenvalue weighted by atomic mass is 10.2. The summed E-state index contributed by atoms with van der Waals surface area (Å²) in [4.78, 5) is 0. The standard InChI is InChI=1S/C13H9Br2FO/c14-8-9-1-4-11(5-2-9)17-13-7-10(16)3-6-12(13)15/h1-7H,8H2. The molecule has 0 saturated heterocycles. The molecule has 2 aromatic rings. The fourth-order valence-electron chi connectivity index (χ4n) is 1.33. The monoisotopic (exact) mass is 358 g/mol. The molecule has 0 N–H and O–H groups in total. The van der Waals surface area contributed by atoms with Gasteiger partial charge in [0, 0.05) is 11.4 Å². The Morgan fingerprint density at radius 2 is 1.76 bits per heavy atom. The lowest BCUT2D eigenvalue weighted by Gasteiger charge is -2.08. The molecule has 0 amide bonds. The molecule has 0 saturated carbocycles. The van der Waals surface area contributed by atoms with Gasteiger partial charge in [-0.15, -0.1) is 0 Å². The first kappa shape index (κ1) is 12.6. The van der Waals surface area contributed by atoms with E-state index in [0.717, 1.165) is 15.4 Å². The molecular formula is C13H9Br2FO. The van der Waals surface area contributed by atoms with Gasteiger partial charge >= 0.3 is 0 Å². The average molecular weight is 360 g/mol. The maximum absolute atomic E-state index is 13.1. The summed E-state index contributed by atoms with van der Waals surface area (Å²) in [6.45, 7) is 0. The molecule has 0 aliphatic carbocycles. The molecule has 0 spiro atoms. The third-order valence-corrected chi connectivity index (χ3v) is 3.50. The van der Waals surface area contributed by atoms with E-state index in [-0.39, 0.29) is 5.82 Å². The molecule has 0 unspecified atom stereocenters. The first-order chi connectivity index (χ1) is 8.19. The molecule has 2 rings (SSSR count). The van der Waals surface area contributed by atoms with Crippen LogP contribution in [0.5, 0.6) is 11.5 Å². The Labute approximate surface area is 116 Å². The van der Waals surface area contributed by atoms with E-state index in [1.165, 1.54) is 12.1 Å². The van der Waals surface area contributed by atoms with Crippen molar-refractivity contribution in [1.82, 2.24) is 0 Å². The van der Waals surface area contributed by atoms with Crippen molar-refractivity contribution >= 4 is 31.9 Å². The average Bonchev–Trinajstić information content (AvgIpc) is 2.35. The third-order valence-electron chi connectivity index (χ3n) is 2.20. The molecule has 2 aromatic carbocycles. The Kier molecular flexibility index (Phi) is 4.18. The van der Waals surface area contributed by atoms with E-state index in [1.54, 1.807) is 6.07 Å². The second kappa shape index (κ2) is 5.65. The molecule has 0 fully saturated rings. The lowest BCUT2D eigenvalue weighted by molar-refractivity contribution is 0.473. The molecule has 0 aliphatic rings. The zero-order valence-electron chi connectivity index (χ0n) is 8.79. The summed E-state index contributed by atoms with van der Waals surface area (Å²) in [6, 6.07) is 12.0. The molecule has 0 bridgehead atoms. The Morgan fingerprint density at radius 1 is 1.06 bits per heavy atom. The van der Waals surface area contributed by atoms with Crippen molar-refractivity contribution in [3.8, 4) is 11.5 Å². The van der Waals surface area contributed by atoms with Crippen molar-refractivity contribution in [2.75, 3.05) is 0 Å². The Morgan fingerprint density at radius 3 is 2.41 bits per heavy atom. The van der Waals surface area contributed by atoms with E-state index in [9.17, 15) is 4.39 Å². The summed E-state index contributed by atoms with van der Waals surface area (Å²) in [6.07, 6.45) is 0. The van der Waals surface area contributed by atoms with Gasteiger partial charge in [-0.25, -0.2) is 4.39 Å². The van der Waals surface area contributed by atoms with Crippen molar-refractivity contribution in [3.63, 3.8) is 0 Å². The SMILES string of the molecule is Fc1ccc(Br)c(Oc2ccc(CBr)cc2)c1. The van der Waals surface area contributed by atoms with E-state index in [2.05, 4.69) is 31.9 Å². The van der Waals surface area contributed by atoms with Crippen LogP contribution < -0.4 is 4.74 Å². The maximum atomic E-state index is 13.1. The van der Waals surface area contributed by atoms with E-state index in [0.29, 0.717) is 11.5 Å². The zero-order valence-corrected chi connectivity index (χ0v) is 12.0. The second-order valence-electron chi connectivity index (χ2n) is 3.45. The number of halogens is 3. The fourth-order valence-corrected chi connectivity index (χ4v) is 2.03. The summed E-state index contributed by atoms with van der Waals surface area (Å²) in [5, 5.41) is 0.803. The van der Waals surface area contributed by atoms with E-state index in [4.69, 9.17) is 4.74 Å². The second-order valence-corrected chi connectivity index (χ2v) is 4.87. The molecular weight excluding hydrogens is 351 g/mol. The fraction of sp³-hybridized carbons (Fsp3) is 0.0769. The Balaban J connectivity index is 2.22. The zero-order chi connectivity index (χ0) is 12.3. The molecule has 17 heavy (non-hydrogen) atoms. The molecule has 0 aromatic heterocycles. The van der Waals surface area contributed by atoms with Crippen molar-refractivity contribution in [3.05, 3.63) is 58.3 Å². The summed E-state index contributed by atoms with van der Waals surface area (Å²) >= 11 is 6.69. The van der Waals surface area contributed by atoms with E-state index in [1.807, 2.05) is 24.3 Å². The normalized spacial score (nSPS) is 10.3. The third kappa shape index (κ3) is 3.30. The first-order valence-electron chi connectivity index (χ1n) is 4.97. The minimum absolute atomic E-state index is 0.319. The van der Waals surface area contributed by atoms with Gasteiger partial charge < -0.3 is 4.74 Å². The number of hydrogen-bond acceptors (Lipinski definition) is 1. The van der Waals surface area contributed by atoms with Gasteiger partial charge in [-0.3, -0.25) is 0 Å². The summed E-state index contributed by atoms with van der Waals surface area (Å²) in [5.74, 6) is 0.831. The van der Waals surface area contributed by atoms with Crippen LogP contribution in [0.2, 0.25) is 0 Å². The van der Waals surface area contributed by atoms with Gasteiger partial charge in [0.2, 0.25) is 0 Å². The van der Waals surface area contributed by atoms with Crippen molar-refractivity contribution in [2.24, 2.45) is 0 Å². The minimum atomic E-state index is -0.319. The summed E-state index contributed by atoms with van der Waals surface area (Å²) in [5.41, 5.74) is 1.16. The van der Waals surface area contributed by atoms with Crippen LogP contribution in [0.3, 0.4) is 0 Å². The summed E-state index contributed by atoms with van der Waals surface area (Å²) in [7, 11) is 0. The van der Waals surface area contributed by atoms with Crippen LogP contribution >= 0.6 is 31.9 Å². The minimum Gasteiger partial charge on any atom is -0.456 e. The predicted molar refractivity (Wildman–Crippen MR) is 73.2 cm³/mol. The largest absolute Gasteiger partial charge is 0.456 e. The predicted octanol–water partition coefficient (Wildman–Crippen LogP) is 5.28. The van der Waals surface area contributed by atoms with Crippen LogP contribution in [-0.2, 0) is 5.33 Å². The van der Waals surface area contributed by atoms with Crippen molar-refractivity contribution in [1.29, 1.82) is 0 Å². The molecule has 0 heterocycles. The number of ether oxygens (including phenoxy) is 1. The van der Waals surface area contributed by atoms with Gasteiger partial charge in [-0.2, -0.15) is 0 Å². The first-order valence-corrected chi connectivity index (χ1v) is 6.88. The highest BCUT2D eigenvalue weighted by molar-refractivity contribution is 9.10. The van der Waals surface area contributed by atoms with Gasteiger partial charge in [0.05, 0.1) is 4.47 Å². The van der Waals surface area contributed by atoms with Crippen LogP contribution in [-0.4, -0.2) is 0 Å². The van der Waals surface area contributed by atoms with Crippen molar-refractivity contribution < 1.29 is 9.13 Å². The van der Waals surface area contributed by atoms with Gasteiger partial charge in [-0.05, 0) is 45.8 Å². The van der Waals surface area contributed by atoms with Gasteiger partial charge in [0.1, 0.15) is 17.3 Å². The quantitative estimate of drug-likeness (QED) is 0.678. The van der Waals surface area contributed by atoms with Crippen LogP contribution in [0, 0.1) is 5.82 Å². The van der Waals surface area contributed by atoms with E-state index >= 15 is 0 Å². The van der Waals surface area contributed by atoms with Crippen LogP contribution in [0.1, 0.15) is 5.56 Å². The Bertz CT molecular complexity index is 511. The van der Waals surface area contributed by atoms with Gasteiger partial charge in [-0.1, -0.05) is 28.1 Å². The van der Waals surface area contributed by atoms with Crippen LogP contribution in [0.25, 0.3) is 0 Å². The molecule has 1 nitrogen and oxygen atoms in total. The van der Waals surface area contributed by atoms with Gasteiger partial charge in [0.15, 0.2) is 0 Å². The highest BCUT2D eigenvalue weighted by Gasteiger charge is 2.04. The highest BCUT2D eigenvalue weighted by atomic mass is 79.9. The number of hydrogen-bond donors (Lipinski definition) is 0.